The van der Waals surface area contributed by atoms with Crippen molar-refractivity contribution in [3.8, 4) is 11.1 Å². The summed E-state index contributed by atoms with van der Waals surface area (Å²) >= 11 is 3.79. The lowest BCUT2D eigenvalue weighted by Gasteiger charge is -2.35. The predicted octanol–water partition coefficient (Wildman–Crippen LogP) is 6.01. The minimum atomic E-state index is -0.0952. The van der Waals surface area contributed by atoms with E-state index in [1.807, 2.05) is 35.2 Å². The number of carbonyl (C=O) groups is 1. The first kappa shape index (κ1) is 23.0. The number of pyridine rings is 1. The topological polar surface area (TPSA) is 51.7 Å². The number of hydrogen-bond acceptors (Lipinski definition) is 4. The van der Waals surface area contributed by atoms with Crippen LogP contribution in [0.15, 0.2) is 77.5 Å². The summed E-state index contributed by atoms with van der Waals surface area (Å²) in [6.07, 6.45) is 4.46. The summed E-state index contributed by atoms with van der Waals surface area (Å²) in [4.78, 5) is 24.3. The zero-order valence-electron chi connectivity index (χ0n) is 20.2. The summed E-state index contributed by atoms with van der Waals surface area (Å²) in [5.41, 5.74) is 6.41. The molecule has 1 aromatic heterocycles. The van der Waals surface area contributed by atoms with Crippen molar-refractivity contribution in [1.82, 2.24) is 9.88 Å². The van der Waals surface area contributed by atoms with Gasteiger partial charge in [-0.1, -0.05) is 30.3 Å². The molecule has 0 radical (unpaired) electrons. The van der Waals surface area contributed by atoms with Gasteiger partial charge in [0.25, 0.3) is 0 Å². The molecule has 7 heteroatoms. The second kappa shape index (κ2) is 9.56. The van der Waals surface area contributed by atoms with Gasteiger partial charge in [0, 0.05) is 55.0 Å². The van der Waals surface area contributed by atoms with E-state index in [0.717, 1.165) is 76.0 Å². The van der Waals surface area contributed by atoms with Gasteiger partial charge in [0.1, 0.15) is 0 Å². The average Bonchev–Trinajstić information content (AvgIpc) is 3.32. The molecule has 0 saturated carbocycles. The number of benzene rings is 3. The maximum absolute atomic E-state index is 13.6. The standard InChI is InChI=1S/C29H28BrN5O/c1-33-14-16-34(17-15-33)28-19-27-21(18-25(28)30)10-13-35(27)29(36)32-26-7-3-5-23-22(4-2-6-24(23)26)20-8-11-31-12-9-20/h2-9,11-12,18-19H,10,13-17H2,1H3,(H,32,36). The molecular formula is C29H28BrN5O. The number of carbonyl (C=O) groups excluding carboxylic acids is 1. The lowest BCUT2D eigenvalue weighted by molar-refractivity contribution is 0.257. The number of anilines is 3. The summed E-state index contributed by atoms with van der Waals surface area (Å²) in [6.45, 7) is 4.71. The number of rotatable bonds is 3. The molecule has 2 aliphatic heterocycles. The zero-order valence-corrected chi connectivity index (χ0v) is 21.8. The largest absolute Gasteiger partial charge is 0.368 e. The van der Waals surface area contributed by atoms with Crippen LogP contribution in [0.4, 0.5) is 21.9 Å². The monoisotopic (exact) mass is 541 g/mol. The molecule has 36 heavy (non-hydrogen) atoms. The predicted molar refractivity (Wildman–Crippen MR) is 151 cm³/mol. The third-order valence-corrected chi connectivity index (χ3v) is 7.92. The molecule has 1 N–H and O–H groups in total. The summed E-state index contributed by atoms with van der Waals surface area (Å²) in [6, 6.07) is 20.6. The summed E-state index contributed by atoms with van der Waals surface area (Å²) in [5.74, 6) is 0. The second-order valence-electron chi connectivity index (χ2n) is 9.50. The molecular weight excluding hydrogens is 514 g/mol. The Bertz CT molecular complexity index is 1430. The Hall–Kier alpha value is -3.42. The number of urea groups is 1. The quantitative estimate of drug-likeness (QED) is 0.345. The number of nitrogens with one attached hydrogen (secondary N) is 1. The lowest BCUT2D eigenvalue weighted by Crippen LogP contribution is -2.44. The van der Waals surface area contributed by atoms with Gasteiger partial charge in [-0.15, -0.1) is 0 Å². The fraction of sp³-hybridized carbons (Fsp3) is 0.241. The van der Waals surface area contributed by atoms with Gasteiger partial charge >= 0.3 is 6.03 Å². The molecule has 0 atom stereocenters. The molecule has 6 rings (SSSR count). The maximum Gasteiger partial charge on any atom is 0.326 e. The van der Waals surface area contributed by atoms with E-state index in [0.29, 0.717) is 6.54 Å². The van der Waals surface area contributed by atoms with Crippen LogP contribution in [0, 0.1) is 0 Å². The molecule has 6 nitrogen and oxygen atoms in total. The normalized spacial score (nSPS) is 15.8. The molecule has 2 amide bonds. The van der Waals surface area contributed by atoms with Gasteiger partial charge in [0.15, 0.2) is 0 Å². The van der Waals surface area contributed by atoms with Gasteiger partial charge in [0.2, 0.25) is 0 Å². The number of likely N-dealkylation sites (N-methyl/N-ethyl adjacent to an activating group) is 1. The van der Waals surface area contributed by atoms with Gasteiger partial charge in [-0.2, -0.15) is 0 Å². The first-order valence-electron chi connectivity index (χ1n) is 12.3. The van der Waals surface area contributed by atoms with E-state index in [1.54, 1.807) is 12.4 Å². The molecule has 2 aliphatic rings. The molecule has 1 fully saturated rings. The SMILES string of the molecule is CN1CCN(c2cc3c(cc2Br)CCN3C(=O)Nc2cccc3c(-c4ccncc4)cccc23)CC1. The van der Waals surface area contributed by atoms with E-state index < -0.39 is 0 Å². The molecule has 1 saturated heterocycles. The summed E-state index contributed by atoms with van der Waals surface area (Å²) < 4.78 is 1.10. The Labute approximate surface area is 219 Å². The summed E-state index contributed by atoms with van der Waals surface area (Å²) in [5, 5.41) is 5.33. The lowest BCUT2D eigenvalue weighted by atomic mass is 9.98. The van der Waals surface area contributed by atoms with Crippen LogP contribution in [0.2, 0.25) is 0 Å². The van der Waals surface area contributed by atoms with E-state index in [1.165, 1.54) is 5.56 Å². The highest BCUT2D eigenvalue weighted by molar-refractivity contribution is 9.10. The number of amides is 2. The van der Waals surface area contributed by atoms with Gasteiger partial charge in [-0.05, 0) is 81.8 Å². The van der Waals surface area contributed by atoms with E-state index >= 15 is 0 Å². The van der Waals surface area contributed by atoms with Crippen molar-refractivity contribution in [3.05, 3.63) is 83.1 Å². The second-order valence-corrected chi connectivity index (χ2v) is 10.4. The van der Waals surface area contributed by atoms with Gasteiger partial charge in [0.05, 0.1) is 17.1 Å². The van der Waals surface area contributed by atoms with Crippen molar-refractivity contribution in [1.29, 1.82) is 0 Å². The number of hydrogen-bond donors (Lipinski definition) is 1. The van der Waals surface area contributed by atoms with Crippen LogP contribution in [0.25, 0.3) is 21.9 Å². The van der Waals surface area contributed by atoms with E-state index in [4.69, 9.17) is 0 Å². The number of piperazine rings is 1. The fourth-order valence-electron chi connectivity index (χ4n) is 5.28. The van der Waals surface area contributed by atoms with Crippen molar-refractivity contribution in [2.45, 2.75) is 6.42 Å². The van der Waals surface area contributed by atoms with Gasteiger partial charge < -0.3 is 15.1 Å². The molecule has 0 unspecified atom stereocenters. The average molecular weight is 542 g/mol. The Morgan fingerprint density at radius 3 is 2.44 bits per heavy atom. The van der Waals surface area contributed by atoms with Crippen molar-refractivity contribution >= 4 is 49.8 Å². The highest BCUT2D eigenvalue weighted by Gasteiger charge is 2.28. The Balaban J connectivity index is 1.30. The Kier molecular flexibility index (Phi) is 6.11. The molecule has 3 heterocycles. The van der Waals surface area contributed by atoms with Gasteiger partial charge in [-0.25, -0.2) is 4.79 Å². The van der Waals surface area contributed by atoms with Crippen LogP contribution in [0.1, 0.15) is 5.56 Å². The zero-order chi connectivity index (χ0) is 24.6. The minimum absolute atomic E-state index is 0.0952. The van der Waals surface area contributed by atoms with Crippen molar-refractivity contribution in [2.24, 2.45) is 0 Å². The first-order chi connectivity index (χ1) is 17.6. The van der Waals surface area contributed by atoms with Crippen LogP contribution in [0.5, 0.6) is 0 Å². The van der Waals surface area contributed by atoms with E-state index in [-0.39, 0.29) is 6.03 Å². The van der Waals surface area contributed by atoms with Gasteiger partial charge in [-0.3, -0.25) is 9.88 Å². The highest BCUT2D eigenvalue weighted by Crippen LogP contribution is 2.39. The highest BCUT2D eigenvalue weighted by atomic mass is 79.9. The van der Waals surface area contributed by atoms with Crippen LogP contribution >= 0.6 is 15.9 Å². The number of fused-ring (bicyclic) bond motifs is 2. The Morgan fingerprint density at radius 1 is 0.889 bits per heavy atom. The third kappa shape index (κ3) is 4.22. The van der Waals surface area contributed by atoms with E-state index in [2.05, 4.69) is 73.4 Å². The number of halogens is 1. The number of aromatic nitrogens is 1. The molecule has 0 bridgehead atoms. The molecule has 0 spiro atoms. The Morgan fingerprint density at radius 2 is 1.64 bits per heavy atom. The maximum atomic E-state index is 13.6. The molecule has 0 aliphatic carbocycles. The van der Waals surface area contributed by atoms with Crippen LogP contribution in [-0.2, 0) is 6.42 Å². The van der Waals surface area contributed by atoms with Crippen LogP contribution < -0.4 is 15.1 Å². The van der Waals surface area contributed by atoms with Crippen LogP contribution in [0.3, 0.4) is 0 Å². The van der Waals surface area contributed by atoms with E-state index in [9.17, 15) is 4.79 Å². The van der Waals surface area contributed by atoms with Crippen LogP contribution in [-0.4, -0.2) is 55.7 Å². The molecule has 4 aromatic rings. The smallest absolute Gasteiger partial charge is 0.326 e. The minimum Gasteiger partial charge on any atom is -0.368 e. The molecule has 3 aromatic carbocycles. The molecule has 182 valence electrons. The fourth-order valence-corrected chi connectivity index (χ4v) is 5.92. The van der Waals surface area contributed by atoms with Crippen molar-refractivity contribution in [3.63, 3.8) is 0 Å². The summed E-state index contributed by atoms with van der Waals surface area (Å²) in [7, 11) is 2.16. The first-order valence-corrected chi connectivity index (χ1v) is 13.1. The third-order valence-electron chi connectivity index (χ3n) is 7.29. The van der Waals surface area contributed by atoms with Crippen molar-refractivity contribution < 1.29 is 4.79 Å². The van der Waals surface area contributed by atoms with Crippen molar-refractivity contribution in [2.75, 3.05) is 54.9 Å². The number of nitrogens with zero attached hydrogens (tertiary/aromatic N) is 4.